The molecule has 1 aromatic rings. The highest BCUT2D eigenvalue weighted by atomic mass is 19.4. The maximum atomic E-state index is 12.0. The summed E-state index contributed by atoms with van der Waals surface area (Å²) in [6.45, 7) is -0.901. The number of nitrogens with one attached hydrogen (secondary N) is 1. The van der Waals surface area contributed by atoms with E-state index in [2.05, 4.69) is 10.4 Å². The molecule has 0 radical (unpaired) electrons. The van der Waals surface area contributed by atoms with Gasteiger partial charge in [-0.3, -0.25) is 14.8 Å². The van der Waals surface area contributed by atoms with Crippen molar-refractivity contribution in [2.75, 3.05) is 11.9 Å². The fourth-order valence-corrected chi connectivity index (χ4v) is 1.04. The summed E-state index contributed by atoms with van der Waals surface area (Å²) in [5.41, 5.74) is -0.457. The molecule has 1 unspecified atom stereocenters. The number of hydrogen-bond acceptors (Lipinski definition) is 5. The van der Waals surface area contributed by atoms with Crippen LogP contribution in [0.3, 0.4) is 0 Å². The molecule has 7 nitrogen and oxygen atoms in total. The van der Waals surface area contributed by atoms with Crippen LogP contribution in [0.2, 0.25) is 0 Å². The standard InChI is InChI=1S/C7H9F3N4O3/c1-13-3-4(14(16)17)6(12-13)11-2-5(15)7(8,9)10/h3,5,15H,2H2,1H3,(H,11,12). The molecule has 0 bridgehead atoms. The Kier molecular flexibility index (Phi) is 3.56. The number of nitrogens with zero attached hydrogens (tertiary/aromatic N) is 3. The van der Waals surface area contributed by atoms with Crippen LogP contribution in [0.5, 0.6) is 0 Å². The summed E-state index contributed by atoms with van der Waals surface area (Å²) in [4.78, 5) is 9.72. The van der Waals surface area contributed by atoms with Crippen LogP contribution in [0.15, 0.2) is 6.20 Å². The fraction of sp³-hybridized carbons (Fsp3) is 0.571. The second-order valence-electron chi connectivity index (χ2n) is 3.23. The Hall–Kier alpha value is -1.84. The average molecular weight is 254 g/mol. The van der Waals surface area contributed by atoms with Gasteiger partial charge >= 0.3 is 11.9 Å². The number of anilines is 1. The summed E-state index contributed by atoms with van der Waals surface area (Å²) >= 11 is 0. The summed E-state index contributed by atoms with van der Waals surface area (Å²) in [6.07, 6.45) is -6.34. The molecule has 1 aromatic heterocycles. The molecule has 0 aromatic carbocycles. The third kappa shape index (κ3) is 3.31. The fourth-order valence-electron chi connectivity index (χ4n) is 1.04. The molecule has 0 aliphatic rings. The average Bonchev–Trinajstić information content (AvgIpc) is 2.54. The smallest absolute Gasteiger partial charge is 0.382 e. The van der Waals surface area contributed by atoms with Crippen LogP contribution >= 0.6 is 0 Å². The number of aliphatic hydroxyl groups is 1. The van der Waals surface area contributed by atoms with Gasteiger partial charge in [-0.1, -0.05) is 0 Å². The van der Waals surface area contributed by atoms with Crippen molar-refractivity contribution in [1.82, 2.24) is 9.78 Å². The molecular formula is C7H9F3N4O3. The zero-order valence-corrected chi connectivity index (χ0v) is 8.60. The lowest BCUT2D eigenvalue weighted by atomic mass is 10.3. The molecule has 0 saturated carbocycles. The van der Waals surface area contributed by atoms with E-state index in [0.29, 0.717) is 0 Å². The Morgan fingerprint density at radius 2 is 2.29 bits per heavy atom. The first kappa shape index (κ1) is 13.2. The number of halogens is 3. The van der Waals surface area contributed by atoms with E-state index in [0.717, 1.165) is 10.9 Å². The van der Waals surface area contributed by atoms with Crippen LogP contribution in [0.1, 0.15) is 0 Å². The van der Waals surface area contributed by atoms with Crippen molar-refractivity contribution in [3.63, 3.8) is 0 Å². The highest BCUT2D eigenvalue weighted by molar-refractivity contribution is 5.54. The van der Waals surface area contributed by atoms with Gasteiger partial charge in [-0.15, -0.1) is 5.10 Å². The zero-order chi connectivity index (χ0) is 13.2. The minimum absolute atomic E-state index is 0.319. The molecule has 0 aliphatic heterocycles. The van der Waals surface area contributed by atoms with Crippen molar-refractivity contribution in [2.24, 2.45) is 7.05 Å². The highest BCUT2D eigenvalue weighted by Gasteiger charge is 2.38. The van der Waals surface area contributed by atoms with Gasteiger partial charge in [0, 0.05) is 7.05 Å². The number of rotatable bonds is 4. The van der Waals surface area contributed by atoms with E-state index in [1.54, 1.807) is 0 Å². The summed E-state index contributed by atoms with van der Waals surface area (Å²) in [7, 11) is 1.39. The molecule has 0 amide bonds. The van der Waals surface area contributed by atoms with E-state index in [1.807, 2.05) is 0 Å². The zero-order valence-electron chi connectivity index (χ0n) is 8.60. The number of hydrogen-bond donors (Lipinski definition) is 2. The first-order valence-electron chi connectivity index (χ1n) is 4.38. The van der Waals surface area contributed by atoms with Crippen LogP contribution in [-0.2, 0) is 7.05 Å². The lowest BCUT2D eigenvalue weighted by molar-refractivity contribution is -0.384. The van der Waals surface area contributed by atoms with Gasteiger partial charge in [0.1, 0.15) is 6.20 Å². The molecule has 10 heteroatoms. The summed E-state index contributed by atoms with van der Waals surface area (Å²) in [5.74, 6) is -0.319. The lowest BCUT2D eigenvalue weighted by Crippen LogP contribution is -2.35. The Morgan fingerprint density at radius 1 is 1.71 bits per heavy atom. The number of nitro groups is 1. The van der Waals surface area contributed by atoms with Crippen LogP contribution in [0.4, 0.5) is 24.7 Å². The predicted molar refractivity (Wildman–Crippen MR) is 50.4 cm³/mol. The van der Waals surface area contributed by atoms with Gasteiger partial charge in [0.05, 0.1) is 11.5 Å². The van der Waals surface area contributed by atoms with Crippen molar-refractivity contribution in [3.8, 4) is 0 Å². The van der Waals surface area contributed by atoms with Crippen molar-refractivity contribution in [3.05, 3.63) is 16.3 Å². The lowest BCUT2D eigenvalue weighted by Gasteiger charge is -2.14. The van der Waals surface area contributed by atoms with Gasteiger partial charge in [0.15, 0.2) is 6.10 Å². The molecule has 0 saturated heterocycles. The van der Waals surface area contributed by atoms with Crippen molar-refractivity contribution < 1.29 is 23.2 Å². The van der Waals surface area contributed by atoms with E-state index >= 15 is 0 Å². The third-order valence-electron chi connectivity index (χ3n) is 1.85. The summed E-state index contributed by atoms with van der Waals surface area (Å²) in [6, 6.07) is 0. The quantitative estimate of drug-likeness (QED) is 0.608. The van der Waals surface area contributed by atoms with Gasteiger partial charge in [0.25, 0.3) is 0 Å². The first-order valence-corrected chi connectivity index (χ1v) is 4.38. The second kappa shape index (κ2) is 4.57. The molecule has 17 heavy (non-hydrogen) atoms. The Bertz CT molecular complexity index is 417. The molecule has 1 heterocycles. The molecule has 1 atom stereocenters. The molecule has 0 aliphatic carbocycles. The number of aryl methyl sites for hydroxylation is 1. The Balaban J connectivity index is 2.73. The van der Waals surface area contributed by atoms with Gasteiger partial charge < -0.3 is 10.4 Å². The van der Waals surface area contributed by atoms with E-state index in [1.165, 1.54) is 7.05 Å². The van der Waals surface area contributed by atoms with E-state index in [9.17, 15) is 23.3 Å². The first-order chi connectivity index (χ1) is 7.71. The topological polar surface area (TPSA) is 93.2 Å². The number of alkyl halides is 3. The minimum Gasteiger partial charge on any atom is -0.382 e. The van der Waals surface area contributed by atoms with Crippen molar-refractivity contribution in [2.45, 2.75) is 12.3 Å². The van der Waals surface area contributed by atoms with Gasteiger partial charge in [0.2, 0.25) is 5.82 Å². The van der Waals surface area contributed by atoms with Crippen LogP contribution < -0.4 is 5.32 Å². The Morgan fingerprint density at radius 3 is 2.76 bits per heavy atom. The molecule has 0 spiro atoms. The molecule has 0 fully saturated rings. The van der Waals surface area contributed by atoms with E-state index < -0.39 is 29.4 Å². The number of aromatic nitrogens is 2. The molecular weight excluding hydrogens is 245 g/mol. The van der Waals surface area contributed by atoms with Crippen LogP contribution in [0.25, 0.3) is 0 Å². The van der Waals surface area contributed by atoms with Crippen LogP contribution in [-0.4, -0.2) is 38.6 Å². The van der Waals surface area contributed by atoms with E-state index in [-0.39, 0.29) is 5.82 Å². The predicted octanol–water partition coefficient (Wildman–Crippen LogP) is 0.663. The van der Waals surface area contributed by atoms with Crippen molar-refractivity contribution >= 4 is 11.5 Å². The third-order valence-corrected chi connectivity index (χ3v) is 1.85. The van der Waals surface area contributed by atoms with E-state index in [4.69, 9.17) is 5.11 Å². The molecule has 2 N–H and O–H groups in total. The SMILES string of the molecule is Cn1cc([N+](=O)[O-])c(NCC(O)C(F)(F)F)n1. The Labute approximate surface area is 93.0 Å². The normalized spacial score (nSPS) is 13.5. The summed E-state index contributed by atoms with van der Waals surface area (Å²) < 4.78 is 37.0. The van der Waals surface area contributed by atoms with Crippen molar-refractivity contribution in [1.29, 1.82) is 0 Å². The van der Waals surface area contributed by atoms with Gasteiger partial charge in [-0.2, -0.15) is 13.2 Å². The maximum Gasteiger partial charge on any atom is 0.416 e. The van der Waals surface area contributed by atoms with Gasteiger partial charge in [-0.25, -0.2) is 0 Å². The minimum atomic E-state index is -4.78. The second-order valence-corrected chi connectivity index (χ2v) is 3.23. The summed E-state index contributed by atoms with van der Waals surface area (Å²) in [5, 5.41) is 24.8. The monoisotopic (exact) mass is 254 g/mol. The highest BCUT2D eigenvalue weighted by Crippen LogP contribution is 2.24. The van der Waals surface area contributed by atoms with Crippen LogP contribution in [0, 0.1) is 10.1 Å². The molecule has 96 valence electrons. The largest absolute Gasteiger partial charge is 0.416 e. The maximum absolute atomic E-state index is 12.0. The van der Waals surface area contributed by atoms with Gasteiger partial charge in [-0.05, 0) is 0 Å². The molecule has 1 rings (SSSR count). The number of aliphatic hydroxyl groups excluding tert-OH is 1.